The van der Waals surface area contributed by atoms with Crippen molar-refractivity contribution in [1.82, 2.24) is 4.98 Å². The Hall–Kier alpha value is -1.58. The molecular formula is C16H17ClN2O. The summed E-state index contributed by atoms with van der Waals surface area (Å²) >= 11 is 6.03. The Morgan fingerprint density at radius 2 is 2.15 bits per heavy atom. The number of aryl methyl sites for hydroxylation is 3. The highest BCUT2D eigenvalue weighted by atomic mass is 35.5. The number of pyridine rings is 1. The van der Waals surface area contributed by atoms with Crippen LogP contribution in [0.4, 0.5) is 0 Å². The molecule has 0 amide bonds. The highest BCUT2D eigenvalue weighted by Crippen LogP contribution is 2.30. The van der Waals surface area contributed by atoms with Crippen LogP contribution in [0.15, 0.2) is 24.3 Å². The fraction of sp³-hybridized carbons (Fsp3) is 0.312. The van der Waals surface area contributed by atoms with Crippen LogP contribution >= 0.6 is 11.6 Å². The predicted molar refractivity (Wildman–Crippen MR) is 80.4 cm³/mol. The van der Waals surface area contributed by atoms with Gasteiger partial charge in [0.25, 0.3) is 0 Å². The summed E-state index contributed by atoms with van der Waals surface area (Å²) in [6.45, 7) is 2.39. The monoisotopic (exact) mass is 288 g/mol. The Kier molecular flexibility index (Phi) is 3.64. The Morgan fingerprint density at radius 1 is 1.30 bits per heavy atom. The Labute approximate surface area is 123 Å². The summed E-state index contributed by atoms with van der Waals surface area (Å²) < 4.78 is 5.91. The van der Waals surface area contributed by atoms with E-state index in [-0.39, 0.29) is 0 Å². The van der Waals surface area contributed by atoms with Gasteiger partial charge in [-0.3, -0.25) is 0 Å². The molecule has 1 aromatic heterocycles. The third-order valence-corrected chi connectivity index (χ3v) is 4.08. The van der Waals surface area contributed by atoms with Crippen molar-refractivity contribution in [2.24, 2.45) is 5.73 Å². The third kappa shape index (κ3) is 2.51. The van der Waals surface area contributed by atoms with Crippen molar-refractivity contribution < 1.29 is 4.74 Å². The molecular weight excluding hydrogens is 272 g/mol. The van der Waals surface area contributed by atoms with Gasteiger partial charge in [0, 0.05) is 22.8 Å². The van der Waals surface area contributed by atoms with Crippen molar-refractivity contribution in [3.05, 3.63) is 51.7 Å². The summed E-state index contributed by atoms with van der Waals surface area (Å²) in [5.74, 6) is 1.36. The van der Waals surface area contributed by atoms with E-state index < -0.39 is 0 Å². The molecule has 3 rings (SSSR count). The van der Waals surface area contributed by atoms with E-state index in [4.69, 9.17) is 22.1 Å². The van der Waals surface area contributed by atoms with Crippen molar-refractivity contribution in [3.63, 3.8) is 0 Å². The maximum absolute atomic E-state index is 6.03. The first kappa shape index (κ1) is 13.4. The molecule has 0 spiro atoms. The Morgan fingerprint density at radius 3 is 2.90 bits per heavy atom. The second-order valence-electron chi connectivity index (χ2n) is 5.13. The van der Waals surface area contributed by atoms with Crippen molar-refractivity contribution in [1.29, 1.82) is 0 Å². The second-order valence-corrected chi connectivity index (χ2v) is 5.54. The van der Waals surface area contributed by atoms with E-state index in [9.17, 15) is 0 Å². The van der Waals surface area contributed by atoms with Crippen LogP contribution in [0.5, 0.6) is 11.6 Å². The molecule has 1 heterocycles. The number of fused-ring (bicyclic) bond motifs is 1. The SMILES string of the molecule is Cc1cc(Oc2nc3c(cc2CN)CCC3)ccc1Cl. The number of nitrogens with two attached hydrogens (primary N) is 1. The summed E-state index contributed by atoms with van der Waals surface area (Å²) in [6, 6.07) is 7.73. The zero-order valence-corrected chi connectivity index (χ0v) is 12.2. The van der Waals surface area contributed by atoms with Crippen molar-refractivity contribution in [3.8, 4) is 11.6 Å². The summed E-state index contributed by atoms with van der Waals surface area (Å²) in [7, 11) is 0. The molecule has 0 radical (unpaired) electrons. The van der Waals surface area contributed by atoms with Crippen LogP contribution in [0.2, 0.25) is 5.02 Å². The molecule has 20 heavy (non-hydrogen) atoms. The van der Waals surface area contributed by atoms with Crippen LogP contribution in [-0.4, -0.2) is 4.98 Å². The standard InChI is InChI=1S/C16H17ClN2O/c1-10-7-13(5-6-14(10)17)20-16-12(9-18)8-11-3-2-4-15(11)19-16/h5-8H,2-4,9,18H2,1H3. The van der Waals surface area contributed by atoms with Gasteiger partial charge >= 0.3 is 0 Å². The summed E-state index contributed by atoms with van der Waals surface area (Å²) in [5.41, 5.74) is 10.2. The van der Waals surface area contributed by atoms with Gasteiger partial charge in [-0.1, -0.05) is 11.6 Å². The van der Waals surface area contributed by atoms with E-state index in [1.54, 1.807) is 0 Å². The molecule has 4 heteroatoms. The van der Waals surface area contributed by atoms with E-state index in [0.717, 1.165) is 46.9 Å². The zero-order valence-electron chi connectivity index (χ0n) is 11.4. The van der Waals surface area contributed by atoms with Crippen molar-refractivity contribution in [2.45, 2.75) is 32.7 Å². The first-order chi connectivity index (χ1) is 9.67. The second kappa shape index (κ2) is 5.43. The molecule has 0 bridgehead atoms. The van der Waals surface area contributed by atoms with E-state index in [2.05, 4.69) is 11.1 Å². The van der Waals surface area contributed by atoms with Gasteiger partial charge in [0.05, 0.1) is 0 Å². The fourth-order valence-electron chi connectivity index (χ4n) is 2.53. The Balaban J connectivity index is 1.95. The first-order valence-corrected chi connectivity index (χ1v) is 7.21. The average molecular weight is 289 g/mol. The number of rotatable bonds is 3. The molecule has 3 nitrogen and oxygen atoms in total. The molecule has 104 valence electrons. The van der Waals surface area contributed by atoms with Crippen molar-refractivity contribution in [2.75, 3.05) is 0 Å². The van der Waals surface area contributed by atoms with E-state index in [1.807, 2.05) is 25.1 Å². The largest absolute Gasteiger partial charge is 0.439 e. The van der Waals surface area contributed by atoms with Gasteiger partial charge in [0.1, 0.15) is 5.75 Å². The quantitative estimate of drug-likeness (QED) is 0.935. The highest BCUT2D eigenvalue weighted by Gasteiger charge is 2.17. The van der Waals surface area contributed by atoms with Crippen LogP contribution in [0.1, 0.15) is 28.8 Å². The molecule has 1 aliphatic rings. The van der Waals surface area contributed by atoms with Crippen LogP contribution in [-0.2, 0) is 19.4 Å². The first-order valence-electron chi connectivity index (χ1n) is 6.83. The number of hydrogen-bond acceptors (Lipinski definition) is 3. The topological polar surface area (TPSA) is 48.1 Å². The lowest BCUT2D eigenvalue weighted by Crippen LogP contribution is -2.04. The molecule has 2 aromatic rings. The normalized spacial score (nSPS) is 13.3. The maximum atomic E-state index is 6.03. The molecule has 0 fully saturated rings. The Bertz CT molecular complexity index is 655. The minimum atomic E-state index is 0.433. The molecule has 0 saturated carbocycles. The lowest BCUT2D eigenvalue weighted by atomic mass is 10.1. The molecule has 0 unspecified atom stereocenters. The number of hydrogen-bond donors (Lipinski definition) is 1. The molecule has 2 N–H and O–H groups in total. The van der Waals surface area contributed by atoms with Gasteiger partial charge in [-0.25, -0.2) is 4.98 Å². The van der Waals surface area contributed by atoms with E-state index >= 15 is 0 Å². The van der Waals surface area contributed by atoms with Crippen LogP contribution in [0, 0.1) is 6.92 Å². The third-order valence-electron chi connectivity index (χ3n) is 3.65. The minimum absolute atomic E-state index is 0.433. The van der Waals surface area contributed by atoms with E-state index in [0.29, 0.717) is 12.4 Å². The number of benzene rings is 1. The maximum Gasteiger partial charge on any atom is 0.223 e. The molecule has 0 atom stereocenters. The average Bonchev–Trinajstić information content (AvgIpc) is 2.89. The summed E-state index contributed by atoms with van der Waals surface area (Å²) in [6.07, 6.45) is 3.28. The fourth-order valence-corrected chi connectivity index (χ4v) is 2.65. The molecule has 1 aliphatic carbocycles. The van der Waals surface area contributed by atoms with Crippen LogP contribution < -0.4 is 10.5 Å². The van der Waals surface area contributed by atoms with Crippen LogP contribution in [0.3, 0.4) is 0 Å². The molecule has 0 saturated heterocycles. The van der Waals surface area contributed by atoms with Gasteiger partial charge in [0.2, 0.25) is 5.88 Å². The number of aromatic nitrogens is 1. The summed E-state index contributed by atoms with van der Waals surface area (Å²) in [4.78, 5) is 4.64. The zero-order chi connectivity index (χ0) is 14.1. The van der Waals surface area contributed by atoms with Gasteiger partial charge in [-0.05, 0) is 61.6 Å². The lowest BCUT2D eigenvalue weighted by Gasteiger charge is -2.12. The molecule has 0 aliphatic heterocycles. The van der Waals surface area contributed by atoms with Gasteiger partial charge < -0.3 is 10.5 Å². The smallest absolute Gasteiger partial charge is 0.223 e. The molecule has 1 aromatic carbocycles. The van der Waals surface area contributed by atoms with E-state index in [1.165, 1.54) is 5.56 Å². The number of nitrogens with zero attached hydrogens (tertiary/aromatic N) is 1. The number of halogens is 1. The highest BCUT2D eigenvalue weighted by molar-refractivity contribution is 6.31. The van der Waals surface area contributed by atoms with Gasteiger partial charge in [0.15, 0.2) is 0 Å². The lowest BCUT2D eigenvalue weighted by molar-refractivity contribution is 0.454. The van der Waals surface area contributed by atoms with Crippen molar-refractivity contribution >= 4 is 11.6 Å². The van der Waals surface area contributed by atoms with Gasteiger partial charge in [-0.2, -0.15) is 0 Å². The van der Waals surface area contributed by atoms with Gasteiger partial charge in [-0.15, -0.1) is 0 Å². The minimum Gasteiger partial charge on any atom is -0.439 e. The predicted octanol–water partition coefficient (Wildman–Crippen LogP) is 3.78. The number of ether oxygens (including phenoxy) is 1. The van der Waals surface area contributed by atoms with Crippen LogP contribution in [0.25, 0.3) is 0 Å². The summed E-state index contributed by atoms with van der Waals surface area (Å²) in [5, 5.41) is 0.735.